The highest BCUT2D eigenvalue weighted by molar-refractivity contribution is 5.65. The van der Waals surface area contributed by atoms with Crippen molar-refractivity contribution in [1.29, 1.82) is 0 Å². The molecule has 0 bridgehead atoms. The summed E-state index contributed by atoms with van der Waals surface area (Å²) in [6, 6.07) is 10.2. The SMILES string of the molecule is CC1CCC(CC(=O)[O-])(Cc2ccccc2)C1. The fraction of sp³-hybridized carbons (Fsp3) is 0.533. The van der Waals surface area contributed by atoms with E-state index in [9.17, 15) is 9.90 Å². The Balaban J connectivity index is 2.14. The lowest BCUT2D eigenvalue weighted by molar-refractivity contribution is -0.308. The fourth-order valence-corrected chi connectivity index (χ4v) is 3.21. The zero-order valence-corrected chi connectivity index (χ0v) is 10.3. The van der Waals surface area contributed by atoms with Crippen LogP contribution in [0.3, 0.4) is 0 Å². The Morgan fingerprint density at radius 3 is 2.65 bits per heavy atom. The van der Waals surface area contributed by atoms with E-state index >= 15 is 0 Å². The molecule has 0 amide bonds. The van der Waals surface area contributed by atoms with E-state index in [-0.39, 0.29) is 11.8 Å². The number of aliphatic carboxylic acids is 1. The van der Waals surface area contributed by atoms with Crippen LogP contribution in [0.25, 0.3) is 0 Å². The molecular formula is C15H19O2-. The summed E-state index contributed by atoms with van der Waals surface area (Å²) in [5.74, 6) is -0.270. The Kier molecular flexibility index (Phi) is 3.51. The Labute approximate surface area is 103 Å². The molecule has 2 unspecified atom stereocenters. The van der Waals surface area contributed by atoms with Crippen LogP contribution in [0.1, 0.15) is 38.2 Å². The quantitative estimate of drug-likeness (QED) is 0.796. The summed E-state index contributed by atoms with van der Waals surface area (Å²) >= 11 is 0. The van der Waals surface area contributed by atoms with E-state index in [0.717, 1.165) is 25.7 Å². The third-order valence-electron chi connectivity index (χ3n) is 3.89. The molecule has 2 nitrogen and oxygen atoms in total. The summed E-state index contributed by atoms with van der Waals surface area (Å²) in [7, 11) is 0. The van der Waals surface area contributed by atoms with Crippen molar-refractivity contribution in [2.24, 2.45) is 11.3 Å². The number of carboxylic acid groups (broad SMARTS) is 1. The van der Waals surface area contributed by atoms with Gasteiger partial charge in [0, 0.05) is 5.97 Å². The summed E-state index contributed by atoms with van der Waals surface area (Å²) in [5.41, 5.74) is 1.17. The molecule has 2 heteroatoms. The molecule has 1 aliphatic carbocycles. The maximum absolute atomic E-state index is 10.9. The van der Waals surface area contributed by atoms with Crippen LogP contribution < -0.4 is 5.11 Å². The smallest absolute Gasteiger partial charge is 0.0419 e. The minimum atomic E-state index is -0.907. The molecule has 0 N–H and O–H groups in total. The zero-order valence-electron chi connectivity index (χ0n) is 10.3. The molecule has 0 radical (unpaired) electrons. The minimum absolute atomic E-state index is 0.0698. The molecule has 1 aromatic rings. The molecule has 0 aliphatic heterocycles. The number of benzene rings is 1. The van der Waals surface area contributed by atoms with Crippen LogP contribution >= 0.6 is 0 Å². The summed E-state index contributed by atoms with van der Waals surface area (Å²) in [5, 5.41) is 10.9. The molecule has 1 aromatic carbocycles. The first kappa shape index (κ1) is 12.2. The average molecular weight is 231 g/mol. The van der Waals surface area contributed by atoms with Crippen LogP contribution in [0.15, 0.2) is 30.3 Å². The van der Waals surface area contributed by atoms with E-state index in [1.54, 1.807) is 0 Å². The molecule has 0 heterocycles. The molecule has 92 valence electrons. The zero-order chi connectivity index (χ0) is 12.3. The van der Waals surface area contributed by atoms with Crippen molar-refractivity contribution in [3.8, 4) is 0 Å². The first-order chi connectivity index (χ1) is 8.10. The van der Waals surface area contributed by atoms with Crippen molar-refractivity contribution in [2.75, 3.05) is 0 Å². The lowest BCUT2D eigenvalue weighted by Gasteiger charge is -2.30. The predicted octanol–water partition coefficient (Wildman–Crippen LogP) is 2.18. The molecule has 17 heavy (non-hydrogen) atoms. The highest BCUT2D eigenvalue weighted by Gasteiger charge is 2.37. The van der Waals surface area contributed by atoms with Gasteiger partial charge in [0.25, 0.3) is 0 Å². The predicted molar refractivity (Wildman–Crippen MR) is 65.2 cm³/mol. The van der Waals surface area contributed by atoms with E-state index in [4.69, 9.17) is 0 Å². The van der Waals surface area contributed by atoms with Crippen molar-refractivity contribution in [2.45, 2.75) is 39.0 Å². The van der Waals surface area contributed by atoms with Crippen LogP contribution in [0, 0.1) is 11.3 Å². The number of carbonyl (C=O) groups is 1. The van der Waals surface area contributed by atoms with Gasteiger partial charge >= 0.3 is 0 Å². The molecular weight excluding hydrogens is 212 g/mol. The summed E-state index contributed by atoms with van der Waals surface area (Å²) in [6.45, 7) is 2.21. The van der Waals surface area contributed by atoms with Crippen LogP contribution in [0.5, 0.6) is 0 Å². The third kappa shape index (κ3) is 3.09. The molecule has 2 rings (SSSR count). The van der Waals surface area contributed by atoms with Gasteiger partial charge in [-0.05, 0) is 42.6 Å². The van der Waals surface area contributed by atoms with Crippen LogP contribution in [-0.2, 0) is 11.2 Å². The van der Waals surface area contributed by atoms with Gasteiger partial charge < -0.3 is 9.90 Å². The van der Waals surface area contributed by atoms with Crippen LogP contribution in [0.2, 0.25) is 0 Å². The second-order valence-corrected chi connectivity index (χ2v) is 5.56. The van der Waals surface area contributed by atoms with E-state index in [0.29, 0.717) is 5.92 Å². The van der Waals surface area contributed by atoms with Gasteiger partial charge in [-0.3, -0.25) is 0 Å². The van der Waals surface area contributed by atoms with Gasteiger partial charge in [0.15, 0.2) is 0 Å². The molecule has 1 aliphatic rings. The molecule has 1 fully saturated rings. The van der Waals surface area contributed by atoms with Crippen molar-refractivity contribution in [1.82, 2.24) is 0 Å². The van der Waals surface area contributed by atoms with Gasteiger partial charge in [0.1, 0.15) is 0 Å². The molecule has 1 saturated carbocycles. The van der Waals surface area contributed by atoms with Gasteiger partial charge in [-0.15, -0.1) is 0 Å². The monoisotopic (exact) mass is 231 g/mol. The summed E-state index contributed by atoms with van der Waals surface area (Å²) < 4.78 is 0. The number of hydrogen-bond acceptors (Lipinski definition) is 2. The Morgan fingerprint density at radius 2 is 2.12 bits per heavy atom. The summed E-state index contributed by atoms with van der Waals surface area (Å²) in [6.07, 6.45) is 4.23. The second kappa shape index (κ2) is 4.91. The van der Waals surface area contributed by atoms with E-state index < -0.39 is 5.97 Å². The lowest BCUT2D eigenvalue weighted by atomic mass is 9.76. The third-order valence-corrected chi connectivity index (χ3v) is 3.89. The van der Waals surface area contributed by atoms with Gasteiger partial charge in [-0.2, -0.15) is 0 Å². The average Bonchev–Trinajstić information content (AvgIpc) is 2.60. The minimum Gasteiger partial charge on any atom is -0.550 e. The maximum atomic E-state index is 10.9. The van der Waals surface area contributed by atoms with Gasteiger partial charge in [0.05, 0.1) is 0 Å². The topological polar surface area (TPSA) is 40.1 Å². The summed E-state index contributed by atoms with van der Waals surface area (Å²) in [4.78, 5) is 10.9. The van der Waals surface area contributed by atoms with Gasteiger partial charge in [-0.1, -0.05) is 43.7 Å². The highest BCUT2D eigenvalue weighted by atomic mass is 16.4. The van der Waals surface area contributed by atoms with Crippen LogP contribution in [0.4, 0.5) is 0 Å². The molecule has 0 saturated heterocycles. The van der Waals surface area contributed by atoms with E-state index in [2.05, 4.69) is 19.1 Å². The molecule has 2 atom stereocenters. The first-order valence-corrected chi connectivity index (χ1v) is 6.33. The fourth-order valence-electron chi connectivity index (χ4n) is 3.21. The number of hydrogen-bond donors (Lipinski definition) is 0. The van der Waals surface area contributed by atoms with Gasteiger partial charge in [-0.25, -0.2) is 0 Å². The van der Waals surface area contributed by atoms with Crippen LogP contribution in [-0.4, -0.2) is 5.97 Å². The maximum Gasteiger partial charge on any atom is 0.0419 e. The molecule has 0 aromatic heterocycles. The Bertz CT molecular complexity index is 385. The largest absolute Gasteiger partial charge is 0.550 e. The standard InChI is InChI=1S/C15H20O2/c1-12-7-8-15(9-12,11-14(16)17)10-13-5-3-2-4-6-13/h2-6,12H,7-11H2,1H3,(H,16,17)/p-1. The van der Waals surface area contributed by atoms with Crippen molar-refractivity contribution in [3.05, 3.63) is 35.9 Å². The molecule has 0 spiro atoms. The number of carbonyl (C=O) groups excluding carboxylic acids is 1. The van der Waals surface area contributed by atoms with E-state index in [1.807, 2.05) is 18.2 Å². The van der Waals surface area contributed by atoms with Crippen molar-refractivity contribution >= 4 is 5.97 Å². The first-order valence-electron chi connectivity index (χ1n) is 6.33. The number of carboxylic acids is 1. The normalized spacial score (nSPS) is 28.2. The van der Waals surface area contributed by atoms with Crippen molar-refractivity contribution in [3.63, 3.8) is 0 Å². The Hall–Kier alpha value is -1.31. The second-order valence-electron chi connectivity index (χ2n) is 5.56. The highest BCUT2D eigenvalue weighted by Crippen LogP contribution is 2.46. The number of rotatable bonds is 4. The lowest BCUT2D eigenvalue weighted by Crippen LogP contribution is -2.32. The van der Waals surface area contributed by atoms with E-state index in [1.165, 1.54) is 5.56 Å². The van der Waals surface area contributed by atoms with Gasteiger partial charge in [0.2, 0.25) is 0 Å². The Morgan fingerprint density at radius 1 is 1.41 bits per heavy atom. The van der Waals surface area contributed by atoms with Crippen molar-refractivity contribution < 1.29 is 9.90 Å².